The van der Waals surface area contributed by atoms with Gasteiger partial charge in [0.2, 0.25) is 5.95 Å². The quantitative estimate of drug-likeness (QED) is 0.343. The molecule has 1 heterocycles. The standard InChI is InChI=1S/C22H24F2N6O2/c1-13-7-16(23)10-17(8-13)28-22(32)30-21-27-12-18(20(31)29-21)14-3-4-15(19(24)9-14)11-26-6-2-5-25/h3-4,7-10,12,26H,2,5-6,11,25H2,1H3,(H3,27,28,29,30,31,32). The predicted octanol–water partition coefficient (Wildman–Crippen LogP) is 3.11. The summed E-state index contributed by atoms with van der Waals surface area (Å²) in [5.74, 6) is -1.04. The molecule has 2 aromatic carbocycles. The Balaban J connectivity index is 1.67. The fourth-order valence-electron chi connectivity index (χ4n) is 3.05. The molecule has 2 amide bonds. The Labute approximate surface area is 183 Å². The number of H-pyrrole nitrogens is 1. The molecule has 8 nitrogen and oxygen atoms in total. The van der Waals surface area contributed by atoms with Crippen LogP contribution in [0.2, 0.25) is 0 Å². The summed E-state index contributed by atoms with van der Waals surface area (Å²) in [6.07, 6.45) is 2.13. The van der Waals surface area contributed by atoms with Crippen LogP contribution in [0.5, 0.6) is 0 Å². The molecule has 0 aliphatic heterocycles. The molecular weight excluding hydrogens is 418 g/mol. The molecule has 32 heavy (non-hydrogen) atoms. The average molecular weight is 442 g/mol. The van der Waals surface area contributed by atoms with Crippen LogP contribution in [0.25, 0.3) is 11.1 Å². The van der Waals surface area contributed by atoms with Crippen molar-refractivity contribution in [1.29, 1.82) is 0 Å². The number of halogens is 2. The predicted molar refractivity (Wildman–Crippen MR) is 119 cm³/mol. The molecule has 3 rings (SSSR count). The van der Waals surface area contributed by atoms with Crippen LogP contribution in [0.15, 0.2) is 47.4 Å². The molecule has 0 atom stereocenters. The zero-order chi connectivity index (χ0) is 23.1. The minimum Gasteiger partial charge on any atom is -0.331 e. The van der Waals surface area contributed by atoms with E-state index in [0.29, 0.717) is 36.3 Å². The fraction of sp³-hybridized carbons (Fsp3) is 0.227. The Morgan fingerprint density at radius 3 is 2.66 bits per heavy atom. The summed E-state index contributed by atoms with van der Waals surface area (Å²) in [4.78, 5) is 31.0. The van der Waals surface area contributed by atoms with Gasteiger partial charge in [-0.25, -0.2) is 13.6 Å². The van der Waals surface area contributed by atoms with Crippen LogP contribution < -0.4 is 27.2 Å². The lowest BCUT2D eigenvalue weighted by molar-refractivity contribution is 0.262. The molecule has 168 valence electrons. The number of hydrogen-bond donors (Lipinski definition) is 5. The van der Waals surface area contributed by atoms with Crippen molar-refractivity contribution < 1.29 is 13.6 Å². The number of aromatic nitrogens is 2. The van der Waals surface area contributed by atoms with E-state index >= 15 is 0 Å². The van der Waals surface area contributed by atoms with Gasteiger partial charge in [0, 0.05) is 24.0 Å². The van der Waals surface area contributed by atoms with Crippen molar-refractivity contribution >= 4 is 17.7 Å². The van der Waals surface area contributed by atoms with E-state index in [-0.39, 0.29) is 17.2 Å². The zero-order valence-electron chi connectivity index (χ0n) is 17.5. The SMILES string of the molecule is Cc1cc(F)cc(NC(=O)Nc2nc(=O)c(-c3ccc(CNCCCN)c(F)c3)c[nH]2)c1. The number of nitrogens with two attached hydrogens (primary N) is 1. The van der Waals surface area contributed by atoms with Crippen molar-refractivity contribution in [3.8, 4) is 11.1 Å². The van der Waals surface area contributed by atoms with Gasteiger partial charge >= 0.3 is 6.03 Å². The molecule has 3 aromatic rings. The summed E-state index contributed by atoms with van der Waals surface area (Å²) in [5, 5.41) is 7.93. The highest BCUT2D eigenvalue weighted by Gasteiger charge is 2.11. The summed E-state index contributed by atoms with van der Waals surface area (Å²) >= 11 is 0. The van der Waals surface area contributed by atoms with E-state index in [1.54, 1.807) is 25.1 Å². The Kier molecular flexibility index (Phi) is 7.63. The molecular formula is C22H24F2N6O2. The van der Waals surface area contributed by atoms with E-state index < -0.39 is 23.2 Å². The second-order valence-corrected chi connectivity index (χ2v) is 7.19. The highest BCUT2D eigenvalue weighted by atomic mass is 19.1. The number of hydrogen-bond acceptors (Lipinski definition) is 5. The van der Waals surface area contributed by atoms with Crippen molar-refractivity contribution in [3.05, 3.63) is 75.7 Å². The number of carbonyl (C=O) groups excluding carboxylic acids is 1. The van der Waals surface area contributed by atoms with Crippen LogP contribution >= 0.6 is 0 Å². The molecule has 0 spiro atoms. The first kappa shape index (κ1) is 23.0. The lowest BCUT2D eigenvalue weighted by Gasteiger charge is -2.09. The summed E-state index contributed by atoms with van der Waals surface area (Å²) in [7, 11) is 0. The summed E-state index contributed by atoms with van der Waals surface area (Å²) < 4.78 is 27.8. The lowest BCUT2D eigenvalue weighted by atomic mass is 10.1. The first-order chi connectivity index (χ1) is 15.4. The second-order valence-electron chi connectivity index (χ2n) is 7.19. The minimum absolute atomic E-state index is 0.106. The Morgan fingerprint density at radius 2 is 1.97 bits per heavy atom. The van der Waals surface area contributed by atoms with Gasteiger partial charge in [-0.2, -0.15) is 4.98 Å². The molecule has 0 fully saturated rings. The topological polar surface area (TPSA) is 125 Å². The number of anilines is 2. The van der Waals surface area contributed by atoms with Crippen LogP contribution in [0.1, 0.15) is 17.5 Å². The number of urea groups is 1. The third-order valence-electron chi connectivity index (χ3n) is 4.57. The number of aryl methyl sites for hydroxylation is 1. The maximum absolute atomic E-state index is 14.4. The van der Waals surface area contributed by atoms with Crippen molar-refractivity contribution in [1.82, 2.24) is 15.3 Å². The van der Waals surface area contributed by atoms with Gasteiger partial charge < -0.3 is 21.4 Å². The van der Waals surface area contributed by atoms with Gasteiger partial charge in [0.25, 0.3) is 5.56 Å². The largest absolute Gasteiger partial charge is 0.331 e. The van der Waals surface area contributed by atoms with Gasteiger partial charge in [-0.15, -0.1) is 0 Å². The summed E-state index contributed by atoms with van der Waals surface area (Å²) in [6, 6.07) is 7.86. The van der Waals surface area contributed by atoms with Gasteiger partial charge in [-0.05, 0) is 61.8 Å². The van der Waals surface area contributed by atoms with Crippen LogP contribution in [0.4, 0.5) is 25.2 Å². The van der Waals surface area contributed by atoms with Gasteiger partial charge in [0.05, 0.1) is 5.56 Å². The number of carbonyl (C=O) groups is 1. The fourth-order valence-corrected chi connectivity index (χ4v) is 3.05. The van der Waals surface area contributed by atoms with Crippen LogP contribution in [-0.2, 0) is 6.54 Å². The highest BCUT2D eigenvalue weighted by Crippen LogP contribution is 2.19. The summed E-state index contributed by atoms with van der Waals surface area (Å²) in [5.41, 5.74) is 6.65. The number of amides is 2. The number of nitrogens with one attached hydrogen (secondary N) is 4. The summed E-state index contributed by atoms with van der Waals surface area (Å²) in [6.45, 7) is 3.28. The zero-order valence-corrected chi connectivity index (χ0v) is 17.5. The molecule has 6 N–H and O–H groups in total. The van der Waals surface area contributed by atoms with Crippen LogP contribution in [0.3, 0.4) is 0 Å². The smallest absolute Gasteiger partial charge is 0.326 e. The van der Waals surface area contributed by atoms with Gasteiger partial charge in [-0.1, -0.05) is 12.1 Å². The van der Waals surface area contributed by atoms with Crippen LogP contribution in [-0.4, -0.2) is 29.1 Å². The molecule has 10 heteroatoms. The number of benzene rings is 2. The molecule has 0 aliphatic rings. The van der Waals surface area contributed by atoms with Gasteiger partial charge in [0.1, 0.15) is 11.6 Å². The van der Waals surface area contributed by atoms with Crippen molar-refractivity contribution in [3.63, 3.8) is 0 Å². The van der Waals surface area contributed by atoms with Crippen molar-refractivity contribution in [2.24, 2.45) is 5.73 Å². The third kappa shape index (κ3) is 6.19. The first-order valence-corrected chi connectivity index (χ1v) is 10.00. The second kappa shape index (κ2) is 10.6. The van der Waals surface area contributed by atoms with E-state index in [1.807, 2.05) is 0 Å². The normalized spacial score (nSPS) is 10.8. The van der Waals surface area contributed by atoms with E-state index in [1.165, 1.54) is 18.3 Å². The first-order valence-electron chi connectivity index (χ1n) is 10.00. The molecule has 1 aromatic heterocycles. The van der Waals surface area contributed by atoms with E-state index in [0.717, 1.165) is 12.5 Å². The maximum atomic E-state index is 14.4. The minimum atomic E-state index is -0.705. The molecule has 0 saturated carbocycles. The number of aromatic amines is 1. The highest BCUT2D eigenvalue weighted by molar-refractivity contribution is 5.98. The molecule has 0 unspecified atom stereocenters. The van der Waals surface area contributed by atoms with Crippen LogP contribution in [0, 0.1) is 18.6 Å². The lowest BCUT2D eigenvalue weighted by Crippen LogP contribution is -2.23. The van der Waals surface area contributed by atoms with Gasteiger partial charge in [-0.3, -0.25) is 10.1 Å². The average Bonchev–Trinajstić information content (AvgIpc) is 2.71. The third-order valence-corrected chi connectivity index (χ3v) is 4.57. The van der Waals surface area contributed by atoms with Crippen molar-refractivity contribution in [2.45, 2.75) is 19.9 Å². The molecule has 0 saturated heterocycles. The van der Waals surface area contributed by atoms with Gasteiger partial charge in [0.15, 0.2) is 0 Å². The Morgan fingerprint density at radius 1 is 1.16 bits per heavy atom. The Bertz CT molecular complexity index is 1150. The number of nitrogens with zero attached hydrogens (tertiary/aromatic N) is 1. The monoisotopic (exact) mass is 442 g/mol. The molecule has 0 radical (unpaired) electrons. The maximum Gasteiger partial charge on any atom is 0.326 e. The van der Waals surface area contributed by atoms with E-state index in [4.69, 9.17) is 5.73 Å². The molecule has 0 aliphatic carbocycles. The van der Waals surface area contributed by atoms with E-state index in [9.17, 15) is 18.4 Å². The number of rotatable bonds is 8. The molecule has 0 bridgehead atoms. The van der Waals surface area contributed by atoms with Crippen molar-refractivity contribution in [2.75, 3.05) is 23.7 Å². The van der Waals surface area contributed by atoms with E-state index in [2.05, 4.69) is 25.9 Å². The Hall–Kier alpha value is -3.63.